The third kappa shape index (κ3) is 3.54. The number of hydrogen-bond acceptors (Lipinski definition) is 4. The molecule has 1 aliphatic rings. The van der Waals surface area contributed by atoms with E-state index < -0.39 is 0 Å². The van der Waals surface area contributed by atoms with Crippen LogP contribution in [0.2, 0.25) is 5.02 Å². The Morgan fingerprint density at radius 3 is 2.91 bits per heavy atom. The van der Waals surface area contributed by atoms with Crippen molar-refractivity contribution in [3.8, 4) is 0 Å². The van der Waals surface area contributed by atoms with E-state index in [2.05, 4.69) is 27.6 Å². The topological polar surface area (TPSA) is 46.0 Å². The number of benzene rings is 1. The normalized spacial score (nSPS) is 21.9. The van der Waals surface area contributed by atoms with Gasteiger partial charge < -0.3 is 5.32 Å². The van der Waals surface area contributed by atoms with Crippen molar-refractivity contribution in [1.82, 2.24) is 25.2 Å². The van der Waals surface area contributed by atoms with Gasteiger partial charge in [-0.25, -0.2) is 4.39 Å². The zero-order chi connectivity index (χ0) is 16.4. The molecule has 1 aliphatic heterocycles. The summed E-state index contributed by atoms with van der Waals surface area (Å²) in [6, 6.07) is 5.34. The number of nitrogens with one attached hydrogen (secondary N) is 1. The van der Waals surface area contributed by atoms with Gasteiger partial charge in [0.1, 0.15) is 5.82 Å². The molecule has 0 saturated carbocycles. The molecule has 1 aromatic carbocycles. The molecule has 0 bridgehead atoms. The quantitative estimate of drug-likeness (QED) is 0.910. The summed E-state index contributed by atoms with van der Waals surface area (Å²) < 4.78 is 15.6. The summed E-state index contributed by atoms with van der Waals surface area (Å²) in [6.07, 6.45) is 2.85. The maximum Gasteiger partial charge on any atom is 0.142 e. The van der Waals surface area contributed by atoms with Crippen LogP contribution in [0.3, 0.4) is 0 Å². The van der Waals surface area contributed by atoms with Crippen molar-refractivity contribution < 1.29 is 4.39 Å². The molecule has 1 saturated heterocycles. The summed E-state index contributed by atoms with van der Waals surface area (Å²) in [5, 5.41) is 11.4. The predicted octanol–water partition coefficient (Wildman–Crippen LogP) is 2.39. The Kier molecular flexibility index (Phi) is 4.94. The van der Waals surface area contributed by atoms with Crippen LogP contribution < -0.4 is 5.32 Å². The Balaban J connectivity index is 1.66. The van der Waals surface area contributed by atoms with Crippen LogP contribution in [0.15, 0.2) is 24.4 Å². The van der Waals surface area contributed by atoms with Gasteiger partial charge in [0.15, 0.2) is 0 Å². The predicted molar refractivity (Wildman–Crippen MR) is 87.6 cm³/mol. The highest BCUT2D eigenvalue weighted by atomic mass is 35.5. The van der Waals surface area contributed by atoms with Crippen LogP contribution in [0.1, 0.15) is 23.7 Å². The van der Waals surface area contributed by atoms with Gasteiger partial charge in [-0.05, 0) is 43.6 Å². The lowest BCUT2D eigenvalue weighted by atomic mass is 9.93. The SMILES string of the molecule is CN1CCC(CNCc2cnnn2C)C1c1ccc(Cl)c(F)c1. The fourth-order valence-corrected chi connectivity index (χ4v) is 3.44. The van der Waals surface area contributed by atoms with Gasteiger partial charge in [0.2, 0.25) is 0 Å². The Hall–Kier alpha value is -1.50. The van der Waals surface area contributed by atoms with Crippen LogP contribution in [0.25, 0.3) is 0 Å². The van der Waals surface area contributed by atoms with Crippen molar-refractivity contribution in [3.63, 3.8) is 0 Å². The lowest BCUT2D eigenvalue weighted by molar-refractivity contribution is 0.271. The first kappa shape index (κ1) is 16.4. The summed E-state index contributed by atoms with van der Waals surface area (Å²) >= 11 is 5.80. The number of aryl methyl sites for hydroxylation is 1. The molecule has 0 aliphatic carbocycles. The minimum absolute atomic E-state index is 0.174. The molecular formula is C16H21ClFN5. The van der Waals surface area contributed by atoms with Crippen molar-refractivity contribution in [2.45, 2.75) is 19.0 Å². The van der Waals surface area contributed by atoms with E-state index in [-0.39, 0.29) is 16.9 Å². The van der Waals surface area contributed by atoms with Crippen molar-refractivity contribution in [2.75, 3.05) is 20.1 Å². The molecule has 7 heteroatoms. The van der Waals surface area contributed by atoms with E-state index in [1.807, 2.05) is 13.1 Å². The van der Waals surface area contributed by atoms with Crippen LogP contribution in [0, 0.1) is 11.7 Å². The second kappa shape index (κ2) is 6.95. The second-order valence-electron chi connectivity index (χ2n) is 6.13. The van der Waals surface area contributed by atoms with E-state index in [4.69, 9.17) is 11.6 Å². The Bertz CT molecular complexity index is 674. The fraction of sp³-hybridized carbons (Fsp3) is 0.500. The van der Waals surface area contributed by atoms with Gasteiger partial charge in [0.05, 0.1) is 16.9 Å². The summed E-state index contributed by atoms with van der Waals surface area (Å²) in [7, 11) is 3.97. The molecule has 1 N–H and O–H groups in total. The average molecular weight is 338 g/mol. The van der Waals surface area contributed by atoms with Crippen LogP contribution in [0.5, 0.6) is 0 Å². The fourth-order valence-electron chi connectivity index (χ4n) is 3.32. The molecule has 2 aromatic rings. The van der Waals surface area contributed by atoms with Crippen LogP contribution in [-0.4, -0.2) is 40.0 Å². The molecular weight excluding hydrogens is 317 g/mol. The second-order valence-corrected chi connectivity index (χ2v) is 6.53. The monoisotopic (exact) mass is 337 g/mol. The van der Waals surface area contributed by atoms with E-state index >= 15 is 0 Å². The number of likely N-dealkylation sites (tertiary alicyclic amines) is 1. The minimum Gasteiger partial charge on any atom is -0.311 e. The van der Waals surface area contributed by atoms with Gasteiger partial charge in [-0.15, -0.1) is 5.10 Å². The molecule has 2 atom stereocenters. The van der Waals surface area contributed by atoms with Crippen molar-refractivity contribution in [3.05, 3.63) is 46.5 Å². The summed E-state index contributed by atoms with van der Waals surface area (Å²) in [6.45, 7) is 2.60. The average Bonchev–Trinajstić information content (AvgIpc) is 3.09. The summed E-state index contributed by atoms with van der Waals surface area (Å²) in [4.78, 5) is 2.28. The third-order valence-corrected chi connectivity index (χ3v) is 4.89. The van der Waals surface area contributed by atoms with E-state index in [9.17, 15) is 4.39 Å². The van der Waals surface area contributed by atoms with Gasteiger partial charge in [-0.1, -0.05) is 22.9 Å². The Morgan fingerprint density at radius 2 is 2.22 bits per heavy atom. The first-order chi connectivity index (χ1) is 11.1. The molecule has 0 amide bonds. The zero-order valence-corrected chi connectivity index (χ0v) is 14.1. The van der Waals surface area contributed by atoms with Gasteiger partial charge in [0, 0.05) is 26.2 Å². The number of rotatable bonds is 5. The maximum atomic E-state index is 13.8. The van der Waals surface area contributed by atoms with Gasteiger partial charge in [-0.3, -0.25) is 9.58 Å². The Labute approximate surface area is 140 Å². The van der Waals surface area contributed by atoms with Crippen molar-refractivity contribution in [1.29, 1.82) is 0 Å². The molecule has 1 aromatic heterocycles. The molecule has 0 radical (unpaired) electrons. The van der Waals surface area contributed by atoms with E-state index in [0.717, 1.165) is 37.3 Å². The first-order valence-electron chi connectivity index (χ1n) is 7.75. The van der Waals surface area contributed by atoms with Gasteiger partial charge >= 0.3 is 0 Å². The molecule has 2 heterocycles. The number of halogens is 2. The smallest absolute Gasteiger partial charge is 0.142 e. The lowest BCUT2D eigenvalue weighted by Crippen LogP contribution is -2.28. The molecule has 5 nitrogen and oxygen atoms in total. The van der Waals surface area contributed by atoms with Crippen LogP contribution in [-0.2, 0) is 13.6 Å². The highest BCUT2D eigenvalue weighted by Crippen LogP contribution is 2.36. The molecule has 0 spiro atoms. The van der Waals surface area contributed by atoms with Crippen molar-refractivity contribution >= 4 is 11.6 Å². The molecule has 2 unspecified atom stereocenters. The summed E-state index contributed by atoms with van der Waals surface area (Å²) in [5.74, 6) is 0.0823. The van der Waals surface area contributed by atoms with E-state index in [1.54, 1.807) is 23.0 Å². The van der Waals surface area contributed by atoms with Gasteiger partial charge in [-0.2, -0.15) is 0 Å². The highest BCUT2D eigenvalue weighted by Gasteiger charge is 2.33. The van der Waals surface area contributed by atoms with Gasteiger partial charge in [0.25, 0.3) is 0 Å². The molecule has 124 valence electrons. The van der Waals surface area contributed by atoms with Crippen LogP contribution >= 0.6 is 11.6 Å². The number of hydrogen-bond donors (Lipinski definition) is 1. The standard InChI is InChI=1S/C16H21ClFN5/c1-22-6-5-12(8-19-9-13-10-20-21-23(13)2)16(22)11-3-4-14(17)15(18)7-11/h3-4,7,10,12,16,19H,5-6,8-9H2,1-2H3. The minimum atomic E-state index is -0.350. The highest BCUT2D eigenvalue weighted by molar-refractivity contribution is 6.30. The summed E-state index contributed by atoms with van der Waals surface area (Å²) in [5.41, 5.74) is 2.03. The number of aromatic nitrogens is 3. The molecule has 1 fully saturated rings. The zero-order valence-electron chi connectivity index (χ0n) is 13.3. The van der Waals surface area contributed by atoms with Crippen LogP contribution in [0.4, 0.5) is 4.39 Å². The molecule has 23 heavy (non-hydrogen) atoms. The third-order valence-electron chi connectivity index (χ3n) is 4.58. The Morgan fingerprint density at radius 1 is 1.39 bits per heavy atom. The first-order valence-corrected chi connectivity index (χ1v) is 8.13. The van der Waals surface area contributed by atoms with E-state index in [1.165, 1.54) is 0 Å². The van der Waals surface area contributed by atoms with Crippen molar-refractivity contribution in [2.24, 2.45) is 13.0 Å². The number of nitrogens with zero attached hydrogens (tertiary/aromatic N) is 4. The molecule has 3 rings (SSSR count). The largest absolute Gasteiger partial charge is 0.311 e. The maximum absolute atomic E-state index is 13.8. The lowest BCUT2D eigenvalue weighted by Gasteiger charge is -2.26. The van der Waals surface area contributed by atoms with E-state index in [0.29, 0.717) is 5.92 Å².